The van der Waals surface area contributed by atoms with Gasteiger partial charge in [-0.2, -0.15) is 0 Å². The molecule has 0 amide bonds. The van der Waals surface area contributed by atoms with Crippen molar-refractivity contribution >= 4 is 34.8 Å². The predicted octanol–water partition coefficient (Wildman–Crippen LogP) is 4.82. The first-order valence-electron chi connectivity index (χ1n) is 7.68. The first-order valence-corrected chi connectivity index (χ1v) is 8.44. The van der Waals surface area contributed by atoms with Crippen LogP contribution >= 0.6 is 23.2 Å². The quantitative estimate of drug-likeness (QED) is 0.501. The minimum atomic E-state index is -0.885. The molecule has 1 aromatic carbocycles. The third-order valence-corrected chi connectivity index (χ3v) is 4.59. The largest absolute Gasteiger partial charge is 0.358 e. The molecule has 0 aliphatic carbocycles. The van der Waals surface area contributed by atoms with Gasteiger partial charge in [-0.1, -0.05) is 29.3 Å². The summed E-state index contributed by atoms with van der Waals surface area (Å²) in [6.07, 6.45) is 3.14. The van der Waals surface area contributed by atoms with Crippen LogP contribution in [0.15, 0.2) is 42.7 Å². The second kappa shape index (κ2) is 7.40. The number of halogens is 3. The predicted molar refractivity (Wildman–Crippen MR) is 97.7 cm³/mol. The Bertz CT molecular complexity index is 1010. The van der Waals surface area contributed by atoms with E-state index in [1.165, 1.54) is 24.4 Å². The Hall–Kier alpha value is -2.50. The topological polar surface area (TPSA) is 62.8 Å². The smallest absolute Gasteiger partial charge is 0.199 e. The summed E-state index contributed by atoms with van der Waals surface area (Å²) in [5.41, 5.74) is 1.61. The lowest BCUT2D eigenvalue weighted by Gasteiger charge is -2.05. The summed E-state index contributed by atoms with van der Waals surface area (Å²) in [4.78, 5) is 31.9. The van der Waals surface area contributed by atoms with Crippen molar-refractivity contribution in [2.45, 2.75) is 13.3 Å². The Morgan fingerprint density at radius 2 is 1.92 bits per heavy atom. The monoisotopic (exact) mass is 390 g/mol. The van der Waals surface area contributed by atoms with E-state index in [-0.39, 0.29) is 39.1 Å². The molecule has 3 aromatic rings. The van der Waals surface area contributed by atoms with Gasteiger partial charge in [-0.3, -0.25) is 14.6 Å². The van der Waals surface area contributed by atoms with Crippen molar-refractivity contribution in [1.29, 1.82) is 0 Å². The number of pyridine rings is 1. The summed E-state index contributed by atoms with van der Waals surface area (Å²) in [5, 5.41) is -0.242. The van der Waals surface area contributed by atoms with Crippen molar-refractivity contribution in [3.8, 4) is 0 Å². The molecule has 0 radical (unpaired) electrons. The minimum absolute atomic E-state index is 0.0445. The number of ketones is 2. The van der Waals surface area contributed by atoms with Gasteiger partial charge >= 0.3 is 0 Å². The van der Waals surface area contributed by atoms with Gasteiger partial charge in [-0.25, -0.2) is 4.39 Å². The van der Waals surface area contributed by atoms with Crippen LogP contribution in [0, 0.1) is 12.7 Å². The zero-order valence-corrected chi connectivity index (χ0v) is 15.2. The van der Waals surface area contributed by atoms with Crippen molar-refractivity contribution in [2.24, 2.45) is 0 Å². The van der Waals surface area contributed by atoms with Crippen molar-refractivity contribution in [1.82, 2.24) is 9.97 Å². The molecule has 26 heavy (non-hydrogen) atoms. The number of benzene rings is 1. The number of carbonyl (C=O) groups is 2. The number of H-pyrrole nitrogens is 1. The van der Waals surface area contributed by atoms with Crippen molar-refractivity contribution < 1.29 is 14.0 Å². The summed E-state index contributed by atoms with van der Waals surface area (Å²) in [6.45, 7) is 1.82. The fourth-order valence-corrected chi connectivity index (χ4v) is 2.93. The molecule has 1 N–H and O–H groups in total. The number of hydrogen-bond donors (Lipinski definition) is 1. The fraction of sp³-hybridized carbons (Fsp3) is 0.105. The van der Waals surface area contributed by atoms with Gasteiger partial charge in [0, 0.05) is 30.1 Å². The van der Waals surface area contributed by atoms with Crippen LogP contribution in [0.5, 0.6) is 0 Å². The number of aromatic amines is 1. The molecule has 3 rings (SSSR count). The van der Waals surface area contributed by atoms with Gasteiger partial charge in [0.25, 0.3) is 0 Å². The fourth-order valence-electron chi connectivity index (χ4n) is 2.54. The Balaban J connectivity index is 1.86. The lowest BCUT2D eigenvalue weighted by molar-refractivity contribution is 0.0988. The van der Waals surface area contributed by atoms with E-state index in [0.29, 0.717) is 0 Å². The number of carbonyl (C=O) groups excluding carboxylic acids is 2. The maximum atomic E-state index is 14.2. The second-order valence-electron chi connectivity index (χ2n) is 5.70. The summed E-state index contributed by atoms with van der Waals surface area (Å²) in [6, 6.07) is 7.58. The summed E-state index contributed by atoms with van der Waals surface area (Å²) in [7, 11) is 0. The third kappa shape index (κ3) is 3.54. The Labute approximate surface area is 159 Å². The first kappa shape index (κ1) is 18.3. The summed E-state index contributed by atoms with van der Waals surface area (Å²) < 4.78 is 14.2. The molecule has 0 bridgehead atoms. The molecule has 0 atom stereocenters. The molecule has 4 nitrogen and oxygen atoms in total. The zero-order chi connectivity index (χ0) is 18.8. The van der Waals surface area contributed by atoms with E-state index in [4.69, 9.17) is 23.2 Å². The van der Waals surface area contributed by atoms with Gasteiger partial charge in [0.2, 0.25) is 0 Å². The van der Waals surface area contributed by atoms with E-state index in [1.54, 1.807) is 12.3 Å². The molecule has 132 valence electrons. The summed E-state index contributed by atoms with van der Waals surface area (Å²) in [5.74, 6) is -1.75. The molecule has 0 unspecified atom stereocenters. The van der Waals surface area contributed by atoms with Crippen LogP contribution < -0.4 is 0 Å². The lowest BCUT2D eigenvalue weighted by atomic mass is 10.0. The van der Waals surface area contributed by atoms with Crippen LogP contribution in [0.25, 0.3) is 0 Å². The highest BCUT2D eigenvalue weighted by atomic mass is 35.5. The molecule has 0 aliphatic rings. The Morgan fingerprint density at radius 1 is 1.19 bits per heavy atom. The van der Waals surface area contributed by atoms with Crippen molar-refractivity contribution in [3.63, 3.8) is 0 Å². The normalized spacial score (nSPS) is 10.8. The van der Waals surface area contributed by atoms with Crippen molar-refractivity contribution in [3.05, 3.63) is 86.7 Å². The maximum Gasteiger partial charge on any atom is 0.199 e. The molecule has 0 aliphatic heterocycles. The molecular weight excluding hydrogens is 378 g/mol. The van der Waals surface area contributed by atoms with Crippen LogP contribution in [-0.4, -0.2) is 21.5 Å². The van der Waals surface area contributed by atoms with E-state index < -0.39 is 11.6 Å². The van der Waals surface area contributed by atoms with Gasteiger partial charge in [0.1, 0.15) is 0 Å². The molecule has 0 saturated heterocycles. The van der Waals surface area contributed by atoms with Gasteiger partial charge in [-0.15, -0.1) is 0 Å². The molecule has 7 heteroatoms. The molecule has 2 aromatic heterocycles. The van der Waals surface area contributed by atoms with E-state index >= 15 is 0 Å². The molecular formula is C19H13Cl2FN2O2. The zero-order valence-electron chi connectivity index (χ0n) is 13.6. The van der Waals surface area contributed by atoms with E-state index in [2.05, 4.69) is 9.97 Å². The van der Waals surface area contributed by atoms with Gasteiger partial charge < -0.3 is 4.98 Å². The van der Waals surface area contributed by atoms with Crippen LogP contribution in [0.2, 0.25) is 10.0 Å². The van der Waals surface area contributed by atoms with Gasteiger partial charge in [-0.05, 0) is 36.8 Å². The highest BCUT2D eigenvalue weighted by Crippen LogP contribution is 2.28. The third-order valence-electron chi connectivity index (χ3n) is 3.98. The van der Waals surface area contributed by atoms with Crippen LogP contribution in [0.4, 0.5) is 4.39 Å². The van der Waals surface area contributed by atoms with E-state index in [9.17, 15) is 14.0 Å². The maximum absolute atomic E-state index is 14.2. The second-order valence-corrected chi connectivity index (χ2v) is 6.51. The molecule has 0 spiro atoms. The highest BCUT2D eigenvalue weighted by molar-refractivity contribution is 6.37. The minimum Gasteiger partial charge on any atom is -0.358 e. The molecule has 0 saturated carbocycles. The van der Waals surface area contributed by atoms with Gasteiger partial charge in [0.05, 0.1) is 21.3 Å². The average molecular weight is 391 g/mol. The van der Waals surface area contributed by atoms with Crippen LogP contribution in [0.3, 0.4) is 0 Å². The van der Waals surface area contributed by atoms with E-state index in [0.717, 1.165) is 11.3 Å². The standard InChI is InChI=1S/C19H13Cl2FN2O2/c1-10-11(3-2-6-23-10)8-16(25)15-7-12(9-24-15)19(26)17-13(20)4-5-14(21)18(17)22/h2-7,9,24H,8H2,1H3. The van der Waals surface area contributed by atoms with E-state index in [1.807, 2.05) is 13.0 Å². The number of hydrogen-bond acceptors (Lipinski definition) is 3. The lowest BCUT2D eigenvalue weighted by Crippen LogP contribution is -2.07. The summed E-state index contributed by atoms with van der Waals surface area (Å²) >= 11 is 11.7. The Morgan fingerprint density at radius 3 is 2.65 bits per heavy atom. The van der Waals surface area contributed by atoms with Crippen LogP contribution in [0.1, 0.15) is 37.7 Å². The number of nitrogens with zero attached hydrogens (tertiary/aromatic N) is 1. The first-order chi connectivity index (χ1) is 12.4. The Kier molecular flexibility index (Phi) is 5.20. The molecule has 2 heterocycles. The number of aryl methyl sites for hydroxylation is 1. The molecule has 0 fully saturated rings. The van der Waals surface area contributed by atoms with Crippen LogP contribution in [-0.2, 0) is 6.42 Å². The highest BCUT2D eigenvalue weighted by Gasteiger charge is 2.22. The SMILES string of the molecule is Cc1ncccc1CC(=O)c1cc(C(=O)c2c(Cl)ccc(Cl)c2F)c[nH]1. The number of Topliss-reactive ketones (excluding diaryl/α,β-unsaturated/α-hetero) is 1. The average Bonchev–Trinajstić information content (AvgIpc) is 3.11. The number of aromatic nitrogens is 2. The number of rotatable bonds is 5. The van der Waals surface area contributed by atoms with Crippen molar-refractivity contribution in [2.75, 3.05) is 0 Å². The number of nitrogens with one attached hydrogen (secondary N) is 1. The van der Waals surface area contributed by atoms with Gasteiger partial charge in [0.15, 0.2) is 17.4 Å².